The van der Waals surface area contributed by atoms with Crippen LogP contribution in [-0.2, 0) is 4.74 Å². The van der Waals surface area contributed by atoms with Crippen molar-refractivity contribution in [2.24, 2.45) is 0 Å². The first-order valence-electron chi connectivity index (χ1n) is 8.91. The van der Waals surface area contributed by atoms with E-state index >= 15 is 0 Å². The normalized spacial score (nSPS) is 16.8. The van der Waals surface area contributed by atoms with Crippen molar-refractivity contribution in [1.82, 2.24) is 10.1 Å². The van der Waals surface area contributed by atoms with Crippen LogP contribution in [0.5, 0.6) is 5.75 Å². The van der Waals surface area contributed by atoms with Crippen molar-refractivity contribution in [3.8, 4) is 17.1 Å². The molecule has 1 unspecified atom stereocenters. The van der Waals surface area contributed by atoms with Gasteiger partial charge in [-0.15, -0.1) is 0 Å². The molecule has 28 heavy (non-hydrogen) atoms. The second-order valence-corrected chi connectivity index (χ2v) is 6.91. The summed E-state index contributed by atoms with van der Waals surface area (Å²) in [6, 6.07) is 16.5. The fraction of sp³-hybridized carbons (Fsp3) is 0.238. The van der Waals surface area contributed by atoms with Gasteiger partial charge in [0.05, 0.1) is 20.3 Å². The van der Waals surface area contributed by atoms with Crippen molar-refractivity contribution in [3.63, 3.8) is 0 Å². The zero-order valence-corrected chi connectivity index (χ0v) is 16.1. The van der Waals surface area contributed by atoms with Gasteiger partial charge in [-0.25, -0.2) is 0 Å². The number of carbonyl (C=O) groups excluding carboxylic acids is 1. The number of carbonyl (C=O) groups is 1. The minimum Gasteiger partial charge on any atom is -0.497 e. The predicted molar refractivity (Wildman–Crippen MR) is 105 cm³/mol. The third-order valence-electron chi connectivity index (χ3n) is 4.68. The highest BCUT2D eigenvalue weighted by Gasteiger charge is 2.28. The summed E-state index contributed by atoms with van der Waals surface area (Å²) >= 11 is 5.95. The maximum atomic E-state index is 12.9. The van der Waals surface area contributed by atoms with E-state index in [-0.39, 0.29) is 17.7 Å². The van der Waals surface area contributed by atoms with Crippen LogP contribution in [-0.4, -0.2) is 42.8 Å². The lowest BCUT2D eigenvalue weighted by Gasteiger charge is -2.32. The summed E-state index contributed by atoms with van der Waals surface area (Å²) in [5.41, 5.74) is 2.06. The molecule has 1 aliphatic heterocycles. The number of amides is 1. The Balaban J connectivity index is 1.49. The number of methoxy groups -OCH3 is 1. The molecule has 1 aromatic heterocycles. The first kappa shape index (κ1) is 18.5. The molecule has 0 bridgehead atoms. The Hall–Kier alpha value is -2.83. The molecule has 1 amide bonds. The van der Waals surface area contributed by atoms with Gasteiger partial charge in [0.2, 0.25) is 0 Å². The Labute approximate surface area is 167 Å². The number of benzene rings is 2. The Kier molecular flexibility index (Phi) is 5.32. The monoisotopic (exact) mass is 398 g/mol. The molecule has 144 valence electrons. The average Bonchev–Trinajstić information content (AvgIpc) is 3.24. The summed E-state index contributed by atoms with van der Waals surface area (Å²) in [7, 11) is 1.60. The van der Waals surface area contributed by atoms with Crippen LogP contribution >= 0.6 is 11.6 Å². The molecule has 2 aromatic carbocycles. The lowest BCUT2D eigenvalue weighted by atomic mass is 10.1. The smallest absolute Gasteiger partial charge is 0.276 e. The molecule has 3 aromatic rings. The van der Waals surface area contributed by atoms with Crippen molar-refractivity contribution in [1.29, 1.82) is 0 Å². The molecule has 1 aliphatic rings. The van der Waals surface area contributed by atoms with Gasteiger partial charge in [-0.3, -0.25) is 4.79 Å². The van der Waals surface area contributed by atoms with E-state index in [1.807, 2.05) is 48.5 Å². The molecule has 0 spiro atoms. The van der Waals surface area contributed by atoms with Gasteiger partial charge in [0, 0.05) is 23.2 Å². The Morgan fingerprint density at radius 1 is 1.21 bits per heavy atom. The van der Waals surface area contributed by atoms with Gasteiger partial charge in [-0.05, 0) is 29.8 Å². The number of rotatable bonds is 4. The number of nitrogens with zero attached hydrogens (tertiary/aromatic N) is 2. The maximum Gasteiger partial charge on any atom is 0.276 e. The Morgan fingerprint density at radius 3 is 2.82 bits per heavy atom. The van der Waals surface area contributed by atoms with Crippen LogP contribution in [0.4, 0.5) is 0 Å². The van der Waals surface area contributed by atoms with Gasteiger partial charge in [0.1, 0.15) is 11.9 Å². The number of hydrogen-bond donors (Lipinski definition) is 0. The molecule has 0 aliphatic carbocycles. The van der Waals surface area contributed by atoms with E-state index in [2.05, 4.69) is 5.16 Å². The molecule has 0 saturated carbocycles. The minimum atomic E-state index is -0.195. The highest BCUT2D eigenvalue weighted by atomic mass is 35.5. The fourth-order valence-corrected chi connectivity index (χ4v) is 3.29. The molecular formula is C21H19ClN2O4. The number of morpholine rings is 1. The van der Waals surface area contributed by atoms with E-state index in [0.717, 1.165) is 11.1 Å². The molecule has 4 rings (SSSR count). The zero-order chi connectivity index (χ0) is 19.5. The maximum absolute atomic E-state index is 12.9. The largest absolute Gasteiger partial charge is 0.497 e. The molecule has 1 atom stereocenters. The Morgan fingerprint density at radius 2 is 2.04 bits per heavy atom. The number of halogens is 1. The van der Waals surface area contributed by atoms with E-state index in [1.165, 1.54) is 0 Å². The van der Waals surface area contributed by atoms with Crippen LogP contribution in [0.1, 0.15) is 22.2 Å². The third kappa shape index (κ3) is 3.88. The van der Waals surface area contributed by atoms with E-state index in [9.17, 15) is 4.79 Å². The van der Waals surface area contributed by atoms with Crippen LogP contribution in [0.2, 0.25) is 5.02 Å². The number of aromatic nitrogens is 1. The lowest BCUT2D eigenvalue weighted by molar-refractivity contribution is -0.0231. The summed E-state index contributed by atoms with van der Waals surface area (Å²) in [5.74, 6) is 1.05. The number of ether oxygens (including phenoxy) is 2. The van der Waals surface area contributed by atoms with Crippen molar-refractivity contribution < 1.29 is 18.8 Å². The molecule has 6 nitrogen and oxygen atoms in total. The summed E-state index contributed by atoms with van der Waals surface area (Å²) < 4.78 is 16.4. The van der Waals surface area contributed by atoms with E-state index in [1.54, 1.807) is 18.1 Å². The van der Waals surface area contributed by atoms with Crippen LogP contribution in [0.15, 0.2) is 59.1 Å². The van der Waals surface area contributed by atoms with Gasteiger partial charge in [-0.2, -0.15) is 0 Å². The Bertz CT molecular complexity index is 971. The van der Waals surface area contributed by atoms with Gasteiger partial charge in [0.15, 0.2) is 11.5 Å². The third-order valence-corrected chi connectivity index (χ3v) is 4.93. The summed E-state index contributed by atoms with van der Waals surface area (Å²) in [6.45, 7) is 1.41. The van der Waals surface area contributed by atoms with Gasteiger partial charge < -0.3 is 18.9 Å². The second kappa shape index (κ2) is 8.04. The van der Waals surface area contributed by atoms with E-state index in [4.69, 9.17) is 25.6 Å². The van der Waals surface area contributed by atoms with Gasteiger partial charge >= 0.3 is 0 Å². The highest BCUT2D eigenvalue weighted by molar-refractivity contribution is 6.30. The van der Waals surface area contributed by atoms with Crippen LogP contribution in [0.25, 0.3) is 11.3 Å². The fourth-order valence-electron chi connectivity index (χ4n) is 3.16. The van der Waals surface area contributed by atoms with Crippen molar-refractivity contribution in [3.05, 3.63) is 70.9 Å². The standard InChI is InChI=1S/C21H19ClN2O4/c1-26-17-4-2-3-15(11-17)19-12-18(23-28-19)21(25)24-9-10-27-20(13-24)14-5-7-16(22)8-6-14/h2-8,11-12,20H,9-10,13H2,1H3. The molecule has 1 saturated heterocycles. The SMILES string of the molecule is COc1cccc(-c2cc(C(=O)N3CCOC(c4ccc(Cl)cc4)C3)no2)c1. The van der Waals surface area contributed by atoms with Crippen molar-refractivity contribution in [2.45, 2.75) is 6.10 Å². The van der Waals surface area contributed by atoms with Crippen LogP contribution < -0.4 is 4.74 Å². The van der Waals surface area contributed by atoms with Crippen LogP contribution in [0.3, 0.4) is 0 Å². The molecule has 0 N–H and O–H groups in total. The lowest BCUT2D eigenvalue weighted by Crippen LogP contribution is -2.42. The van der Waals surface area contributed by atoms with Crippen molar-refractivity contribution in [2.75, 3.05) is 26.8 Å². The van der Waals surface area contributed by atoms with E-state index in [0.29, 0.717) is 36.2 Å². The van der Waals surface area contributed by atoms with Gasteiger partial charge in [0.25, 0.3) is 5.91 Å². The average molecular weight is 399 g/mol. The first-order chi connectivity index (χ1) is 13.6. The second-order valence-electron chi connectivity index (χ2n) is 6.47. The van der Waals surface area contributed by atoms with Gasteiger partial charge in [-0.1, -0.05) is 41.0 Å². The van der Waals surface area contributed by atoms with Crippen molar-refractivity contribution >= 4 is 17.5 Å². The quantitative estimate of drug-likeness (QED) is 0.658. The molecular weight excluding hydrogens is 380 g/mol. The summed E-state index contributed by atoms with van der Waals surface area (Å²) in [6.07, 6.45) is -0.195. The molecule has 1 fully saturated rings. The highest BCUT2D eigenvalue weighted by Crippen LogP contribution is 2.27. The summed E-state index contributed by atoms with van der Waals surface area (Å²) in [5, 5.41) is 4.63. The number of hydrogen-bond acceptors (Lipinski definition) is 5. The first-order valence-corrected chi connectivity index (χ1v) is 9.29. The topological polar surface area (TPSA) is 64.8 Å². The minimum absolute atomic E-state index is 0.180. The molecule has 0 radical (unpaired) electrons. The predicted octanol–water partition coefficient (Wildman–Crippen LogP) is 4.22. The molecule has 2 heterocycles. The van der Waals surface area contributed by atoms with E-state index < -0.39 is 0 Å². The van der Waals surface area contributed by atoms with Crippen LogP contribution in [0, 0.1) is 0 Å². The molecule has 7 heteroatoms. The summed E-state index contributed by atoms with van der Waals surface area (Å²) in [4.78, 5) is 14.6. The zero-order valence-electron chi connectivity index (χ0n) is 15.3.